The molecule has 0 aliphatic heterocycles. The van der Waals surface area contributed by atoms with Gasteiger partial charge in [-0.15, -0.1) is 5.92 Å². The van der Waals surface area contributed by atoms with Gasteiger partial charge in [-0.25, -0.2) is 0 Å². The molecule has 0 aromatic heterocycles. The first-order valence-electron chi connectivity index (χ1n) is 4.57. The SMILES string of the molecule is CC#Cc1cccc(C(C)(C)C)c1. The summed E-state index contributed by atoms with van der Waals surface area (Å²) in [6.07, 6.45) is 0. The molecule has 0 amide bonds. The van der Waals surface area contributed by atoms with Crippen molar-refractivity contribution in [2.75, 3.05) is 0 Å². The number of benzene rings is 1. The monoisotopic (exact) mass is 172 g/mol. The van der Waals surface area contributed by atoms with Gasteiger partial charge in [0.25, 0.3) is 0 Å². The van der Waals surface area contributed by atoms with E-state index in [-0.39, 0.29) is 5.41 Å². The molecule has 1 rings (SSSR count). The van der Waals surface area contributed by atoms with E-state index < -0.39 is 0 Å². The van der Waals surface area contributed by atoms with Crippen LogP contribution in [0.3, 0.4) is 0 Å². The van der Waals surface area contributed by atoms with Crippen molar-refractivity contribution in [1.82, 2.24) is 0 Å². The van der Waals surface area contributed by atoms with Crippen molar-refractivity contribution in [3.63, 3.8) is 0 Å². The molecule has 0 saturated carbocycles. The third kappa shape index (κ3) is 2.63. The molecule has 68 valence electrons. The molecule has 0 saturated heterocycles. The zero-order chi connectivity index (χ0) is 9.90. The Hall–Kier alpha value is -1.22. The molecule has 0 spiro atoms. The minimum Gasteiger partial charge on any atom is -0.101 e. The Bertz CT molecular complexity index is 342. The Morgan fingerprint density at radius 2 is 1.85 bits per heavy atom. The molecule has 0 heterocycles. The molecule has 0 nitrogen and oxygen atoms in total. The molecular formula is C13H16. The van der Waals surface area contributed by atoms with Gasteiger partial charge in [0.15, 0.2) is 0 Å². The van der Waals surface area contributed by atoms with Crippen molar-refractivity contribution in [2.45, 2.75) is 33.1 Å². The first-order valence-corrected chi connectivity index (χ1v) is 4.57. The quantitative estimate of drug-likeness (QED) is 0.526. The maximum atomic E-state index is 3.07. The minimum absolute atomic E-state index is 0.214. The fourth-order valence-corrected chi connectivity index (χ4v) is 1.21. The highest BCUT2D eigenvalue weighted by Crippen LogP contribution is 2.22. The van der Waals surface area contributed by atoms with Crippen LogP contribution in [0.5, 0.6) is 0 Å². The summed E-state index contributed by atoms with van der Waals surface area (Å²) >= 11 is 0. The van der Waals surface area contributed by atoms with Gasteiger partial charge in [-0.3, -0.25) is 0 Å². The molecule has 0 atom stereocenters. The third-order valence-electron chi connectivity index (χ3n) is 2.00. The Morgan fingerprint density at radius 1 is 1.15 bits per heavy atom. The van der Waals surface area contributed by atoms with E-state index in [1.807, 2.05) is 13.0 Å². The normalized spacial score (nSPS) is 10.5. The van der Waals surface area contributed by atoms with Crippen LogP contribution in [-0.4, -0.2) is 0 Å². The van der Waals surface area contributed by atoms with Crippen LogP contribution in [0.25, 0.3) is 0 Å². The maximum Gasteiger partial charge on any atom is 0.0248 e. The molecule has 0 fully saturated rings. The smallest absolute Gasteiger partial charge is 0.0248 e. The van der Waals surface area contributed by atoms with Crippen molar-refractivity contribution >= 4 is 0 Å². The summed E-state index contributed by atoms with van der Waals surface area (Å²) in [4.78, 5) is 0. The predicted octanol–water partition coefficient (Wildman–Crippen LogP) is 3.36. The van der Waals surface area contributed by atoms with Gasteiger partial charge in [0.2, 0.25) is 0 Å². The highest BCUT2D eigenvalue weighted by atomic mass is 14.2. The van der Waals surface area contributed by atoms with Gasteiger partial charge >= 0.3 is 0 Å². The molecule has 0 N–H and O–H groups in total. The summed E-state index contributed by atoms with van der Waals surface area (Å²) in [5, 5.41) is 0. The van der Waals surface area contributed by atoms with Crippen molar-refractivity contribution < 1.29 is 0 Å². The average molecular weight is 172 g/mol. The Kier molecular flexibility index (Phi) is 2.78. The molecule has 0 heteroatoms. The molecule has 0 bridgehead atoms. The van der Waals surface area contributed by atoms with E-state index in [9.17, 15) is 0 Å². The van der Waals surface area contributed by atoms with Crippen LogP contribution in [0, 0.1) is 11.8 Å². The topological polar surface area (TPSA) is 0 Å². The van der Waals surface area contributed by atoms with Crippen LogP contribution in [0.15, 0.2) is 24.3 Å². The molecule has 1 aromatic rings. The second kappa shape index (κ2) is 3.66. The largest absolute Gasteiger partial charge is 0.101 e. The van der Waals surface area contributed by atoms with E-state index in [0.29, 0.717) is 0 Å². The number of hydrogen-bond donors (Lipinski definition) is 0. The lowest BCUT2D eigenvalue weighted by Gasteiger charge is -2.18. The summed E-state index contributed by atoms with van der Waals surface area (Å²) in [5.41, 5.74) is 2.66. The van der Waals surface area contributed by atoms with E-state index >= 15 is 0 Å². The van der Waals surface area contributed by atoms with Crippen molar-refractivity contribution in [3.05, 3.63) is 35.4 Å². The number of rotatable bonds is 0. The molecular weight excluding hydrogens is 156 g/mol. The first-order chi connectivity index (χ1) is 6.04. The summed E-state index contributed by atoms with van der Waals surface area (Å²) in [7, 11) is 0. The van der Waals surface area contributed by atoms with E-state index in [1.54, 1.807) is 0 Å². The Labute approximate surface area is 81.0 Å². The second-order valence-corrected chi connectivity index (χ2v) is 4.21. The molecule has 0 unspecified atom stereocenters. The molecule has 0 aliphatic carbocycles. The van der Waals surface area contributed by atoms with Gasteiger partial charge in [-0.05, 0) is 30.0 Å². The van der Waals surface area contributed by atoms with E-state index in [1.165, 1.54) is 5.56 Å². The van der Waals surface area contributed by atoms with Gasteiger partial charge in [-0.1, -0.05) is 38.8 Å². The Morgan fingerprint density at radius 3 is 2.38 bits per heavy atom. The highest BCUT2D eigenvalue weighted by molar-refractivity contribution is 5.38. The zero-order valence-electron chi connectivity index (χ0n) is 8.81. The highest BCUT2D eigenvalue weighted by Gasteiger charge is 2.12. The summed E-state index contributed by atoms with van der Waals surface area (Å²) in [6.45, 7) is 8.51. The van der Waals surface area contributed by atoms with Gasteiger partial charge in [0.1, 0.15) is 0 Å². The predicted molar refractivity (Wildman–Crippen MR) is 57.7 cm³/mol. The van der Waals surface area contributed by atoms with Gasteiger partial charge in [-0.2, -0.15) is 0 Å². The van der Waals surface area contributed by atoms with Crippen LogP contribution in [0.2, 0.25) is 0 Å². The summed E-state index contributed by atoms with van der Waals surface area (Å²) in [5.74, 6) is 5.98. The molecule has 13 heavy (non-hydrogen) atoms. The fraction of sp³-hybridized carbons (Fsp3) is 0.385. The van der Waals surface area contributed by atoms with Crippen LogP contribution in [0.1, 0.15) is 38.8 Å². The second-order valence-electron chi connectivity index (χ2n) is 4.21. The number of hydrogen-bond acceptors (Lipinski definition) is 0. The van der Waals surface area contributed by atoms with Crippen LogP contribution in [-0.2, 0) is 5.41 Å². The Balaban J connectivity index is 3.10. The lowest BCUT2D eigenvalue weighted by Crippen LogP contribution is -2.10. The maximum absolute atomic E-state index is 3.07. The van der Waals surface area contributed by atoms with Crippen molar-refractivity contribution in [2.24, 2.45) is 0 Å². The molecule has 0 radical (unpaired) electrons. The molecule has 1 aromatic carbocycles. The third-order valence-corrected chi connectivity index (χ3v) is 2.00. The van der Waals surface area contributed by atoms with Gasteiger partial charge in [0.05, 0.1) is 0 Å². The van der Waals surface area contributed by atoms with Crippen LogP contribution < -0.4 is 0 Å². The zero-order valence-corrected chi connectivity index (χ0v) is 8.81. The van der Waals surface area contributed by atoms with Gasteiger partial charge in [0, 0.05) is 5.56 Å². The van der Waals surface area contributed by atoms with Crippen molar-refractivity contribution in [3.8, 4) is 11.8 Å². The average Bonchev–Trinajstić information content (AvgIpc) is 2.04. The first kappa shape index (κ1) is 9.86. The lowest BCUT2D eigenvalue weighted by molar-refractivity contribution is 0.590. The lowest BCUT2D eigenvalue weighted by atomic mass is 9.86. The van der Waals surface area contributed by atoms with E-state index in [0.717, 1.165) is 5.56 Å². The standard InChI is InChI=1S/C13H16/c1-5-7-11-8-6-9-12(10-11)13(2,3)4/h6,8-10H,1-4H3. The van der Waals surface area contributed by atoms with Crippen LogP contribution >= 0.6 is 0 Å². The van der Waals surface area contributed by atoms with Gasteiger partial charge < -0.3 is 0 Å². The van der Waals surface area contributed by atoms with Crippen LogP contribution in [0.4, 0.5) is 0 Å². The summed E-state index contributed by atoms with van der Waals surface area (Å²) < 4.78 is 0. The van der Waals surface area contributed by atoms with Crippen molar-refractivity contribution in [1.29, 1.82) is 0 Å². The summed E-state index contributed by atoms with van der Waals surface area (Å²) in [6, 6.07) is 8.43. The minimum atomic E-state index is 0.214. The fourth-order valence-electron chi connectivity index (χ4n) is 1.21. The molecule has 0 aliphatic rings. The van der Waals surface area contributed by atoms with E-state index in [4.69, 9.17) is 0 Å². The van der Waals surface area contributed by atoms with E-state index in [2.05, 4.69) is 50.8 Å².